The van der Waals surface area contributed by atoms with Crippen LogP contribution in [0.4, 0.5) is 10.6 Å². The molecule has 0 bridgehead atoms. The van der Waals surface area contributed by atoms with Gasteiger partial charge in [-0.2, -0.15) is 0 Å². The number of nitrogens with one attached hydrogen (secondary N) is 3. The third kappa shape index (κ3) is 12.6. The zero-order valence-corrected chi connectivity index (χ0v) is 20.5. The van der Waals surface area contributed by atoms with Crippen molar-refractivity contribution < 1.29 is 25.5 Å². The molecule has 1 heterocycles. The number of aliphatic hydroxyl groups excluding tert-OH is 1. The monoisotopic (exact) mass is 493 g/mol. The molecule has 0 spiro atoms. The number of pyridine rings is 1. The van der Waals surface area contributed by atoms with E-state index in [4.69, 9.17) is 36.0 Å². The SMILES string of the molecule is CCOC(CCOC(=O)Nc1cccc(CO)n1)OCC.CN(N)C(=N)C(=N)c1ccccc1.N.[HH]. The van der Waals surface area contributed by atoms with Gasteiger partial charge in [-0.1, -0.05) is 36.4 Å². The normalized spacial score (nSPS) is 9.89. The Balaban J connectivity index is 0. The minimum absolute atomic E-state index is 0. The summed E-state index contributed by atoms with van der Waals surface area (Å²) in [5.74, 6) is 5.68. The fourth-order valence-electron chi connectivity index (χ4n) is 2.53. The van der Waals surface area contributed by atoms with Gasteiger partial charge in [-0.25, -0.2) is 15.6 Å². The summed E-state index contributed by atoms with van der Waals surface area (Å²) < 4.78 is 15.7. The number of nitrogens with two attached hydrogens (primary N) is 1. The lowest BCUT2D eigenvalue weighted by Gasteiger charge is -2.16. The van der Waals surface area contributed by atoms with E-state index in [1.54, 1.807) is 37.4 Å². The highest BCUT2D eigenvalue weighted by atomic mass is 16.7. The average Bonchev–Trinajstić information content (AvgIpc) is 2.84. The van der Waals surface area contributed by atoms with E-state index in [0.29, 0.717) is 36.7 Å². The zero-order valence-electron chi connectivity index (χ0n) is 20.5. The third-order valence-electron chi connectivity index (χ3n) is 4.14. The molecule has 0 aliphatic rings. The van der Waals surface area contributed by atoms with Gasteiger partial charge in [0, 0.05) is 33.7 Å². The molecule has 1 aromatic carbocycles. The molecular formula is C23H39N7O5. The predicted molar refractivity (Wildman–Crippen MR) is 137 cm³/mol. The summed E-state index contributed by atoms with van der Waals surface area (Å²) in [5, 5.41) is 27.7. The van der Waals surface area contributed by atoms with Crippen molar-refractivity contribution in [1.29, 1.82) is 10.8 Å². The Bertz CT molecular complexity index is 897. The van der Waals surface area contributed by atoms with Crippen LogP contribution in [0.3, 0.4) is 0 Å². The largest absolute Gasteiger partial charge is 0.449 e. The molecule has 0 radical (unpaired) electrons. The Morgan fingerprint density at radius 2 is 1.77 bits per heavy atom. The van der Waals surface area contributed by atoms with E-state index >= 15 is 0 Å². The van der Waals surface area contributed by atoms with Crippen LogP contribution in [0.25, 0.3) is 0 Å². The first-order valence-electron chi connectivity index (χ1n) is 10.8. The summed E-state index contributed by atoms with van der Waals surface area (Å²) in [6, 6.07) is 14.0. The third-order valence-corrected chi connectivity index (χ3v) is 4.14. The number of carbonyl (C=O) groups excluding carboxylic acids is 1. The van der Waals surface area contributed by atoms with Crippen LogP contribution in [0.15, 0.2) is 48.5 Å². The summed E-state index contributed by atoms with van der Waals surface area (Å²) >= 11 is 0. The topological polar surface area (TPSA) is 202 Å². The highest BCUT2D eigenvalue weighted by Gasteiger charge is 2.11. The molecule has 0 atom stereocenters. The Kier molecular flexibility index (Phi) is 16.2. The second-order valence-electron chi connectivity index (χ2n) is 6.76. The average molecular weight is 494 g/mol. The van der Waals surface area contributed by atoms with Gasteiger partial charge < -0.3 is 25.5 Å². The number of benzene rings is 1. The second kappa shape index (κ2) is 18.0. The standard InChI is InChI=1S/C14H22N2O5.C9H12N4.H3N.H2/c1-3-19-13(20-4-2)8-9-21-14(18)16-12-7-5-6-11(10-17)15-12;1-13(12)9(11)8(10)7-5-3-2-4-6-7;;/h5-7,13,17H,3-4,8-10H2,1-2H3,(H,15,16,18);2-6,10-11H,12H2,1H3;1H3;1H. The van der Waals surface area contributed by atoms with Crippen molar-refractivity contribution in [2.24, 2.45) is 5.84 Å². The van der Waals surface area contributed by atoms with Gasteiger partial charge in [0.25, 0.3) is 0 Å². The number of hydrazine groups is 1. The molecule has 2 rings (SSSR count). The number of rotatable bonds is 11. The van der Waals surface area contributed by atoms with Crippen molar-refractivity contribution in [2.45, 2.75) is 33.2 Å². The van der Waals surface area contributed by atoms with Crippen LogP contribution in [0.1, 0.15) is 33.0 Å². The van der Waals surface area contributed by atoms with E-state index in [-0.39, 0.29) is 38.6 Å². The van der Waals surface area contributed by atoms with Gasteiger partial charge >= 0.3 is 6.09 Å². The number of aliphatic hydroxyl groups is 1. The lowest BCUT2D eigenvalue weighted by Crippen LogP contribution is -2.37. The lowest BCUT2D eigenvalue weighted by molar-refractivity contribution is -0.143. The number of hydrogen-bond acceptors (Lipinski definition) is 10. The Morgan fingerprint density at radius 3 is 2.31 bits per heavy atom. The minimum atomic E-state index is -0.607. The Hall–Kier alpha value is -3.42. The smallest absolute Gasteiger partial charge is 0.412 e. The molecule has 0 aliphatic carbocycles. The molecule has 35 heavy (non-hydrogen) atoms. The molecule has 12 nitrogen and oxygen atoms in total. The number of likely N-dealkylation sites (N-methyl/N-ethyl adjacent to an activating group) is 1. The number of nitrogens with zero attached hydrogens (tertiary/aromatic N) is 2. The summed E-state index contributed by atoms with van der Waals surface area (Å²) in [4.78, 5) is 15.6. The first-order valence-corrected chi connectivity index (χ1v) is 10.8. The van der Waals surface area contributed by atoms with Crippen LogP contribution in [-0.4, -0.2) is 65.9 Å². The van der Waals surface area contributed by atoms with E-state index in [1.165, 1.54) is 0 Å². The van der Waals surface area contributed by atoms with E-state index in [1.807, 2.05) is 32.0 Å². The van der Waals surface area contributed by atoms with Crippen molar-refractivity contribution in [3.8, 4) is 0 Å². The fraction of sp³-hybridized carbons (Fsp3) is 0.391. The van der Waals surface area contributed by atoms with Crippen LogP contribution in [0.2, 0.25) is 0 Å². The summed E-state index contributed by atoms with van der Waals surface area (Å²) in [5.41, 5.74) is 1.30. The van der Waals surface area contributed by atoms with Crippen molar-refractivity contribution in [1.82, 2.24) is 16.1 Å². The van der Waals surface area contributed by atoms with Gasteiger partial charge in [-0.15, -0.1) is 0 Å². The summed E-state index contributed by atoms with van der Waals surface area (Å²) in [6.07, 6.45) is -0.521. The molecule has 0 aliphatic heterocycles. The van der Waals surface area contributed by atoms with Gasteiger partial charge in [0.1, 0.15) is 11.5 Å². The number of hydrogen-bond donors (Lipinski definition) is 6. The van der Waals surface area contributed by atoms with Crippen LogP contribution < -0.4 is 17.3 Å². The van der Waals surface area contributed by atoms with Gasteiger partial charge in [0.05, 0.1) is 18.9 Å². The molecule has 0 saturated heterocycles. The van der Waals surface area contributed by atoms with Gasteiger partial charge in [-0.3, -0.25) is 21.1 Å². The highest BCUT2D eigenvalue weighted by molar-refractivity contribution is 6.44. The molecule has 2 aromatic rings. The first kappa shape index (κ1) is 31.6. The van der Waals surface area contributed by atoms with Crippen molar-refractivity contribution in [2.75, 3.05) is 32.2 Å². The molecule has 1 aromatic heterocycles. The summed E-state index contributed by atoms with van der Waals surface area (Å²) in [7, 11) is 1.54. The van der Waals surface area contributed by atoms with Crippen LogP contribution in [-0.2, 0) is 20.8 Å². The maximum Gasteiger partial charge on any atom is 0.412 e. The van der Waals surface area contributed by atoms with Gasteiger partial charge in [-0.05, 0) is 26.0 Å². The molecular weight excluding hydrogens is 454 g/mol. The van der Waals surface area contributed by atoms with E-state index in [9.17, 15) is 4.79 Å². The van der Waals surface area contributed by atoms with Crippen LogP contribution >= 0.6 is 0 Å². The molecule has 0 fully saturated rings. The predicted octanol–water partition coefficient (Wildman–Crippen LogP) is 3.16. The summed E-state index contributed by atoms with van der Waals surface area (Å²) in [6.45, 7) is 4.81. The molecule has 9 N–H and O–H groups in total. The number of amides is 1. The van der Waals surface area contributed by atoms with Crippen LogP contribution in [0, 0.1) is 10.8 Å². The number of amidine groups is 1. The molecule has 0 saturated carbocycles. The van der Waals surface area contributed by atoms with E-state index < -0.39 is 6.09 Å². The van der Waals surface area contributed by atoms with Gasteiger partial charge in [0.15, 0.2) is 12.1 Å². The van der Waals surface area contributed by atoms with E-state index in [0.717, 1.165) is 5.01 Å². The maximum absolute atomic E-state index is 11.6. The number of ether oxygens (including phenoxy) is 3. The lowest BCUT2D eigenvalue weighted by atomic mass is 10.1. The molecule has 1 amide bonds. The number of anilines is 1. The minimum Gasteiger partial charge on any atom is -0.449 e. The zero-order chi connectivity index (χ0) is 25.3. The van der Waals surface area contributed by atoms with Crippen molar-refractivity contribution in [3.05, 3.63) is 59.8 Å². The second-order valence-corrected chi connectivity index (χ2v) is 6.76. The van der Waals surface area contributed by atoms with E-state index in [2.05, 4.69) is 10.3 Å². The molecule has 12 heteroatoms. The fourth-order valence-corrected chi connectivity index (χ4v) is 2.53. The number of carbonyl (C=O) groups is 1. The Labute approximate surface area is 207 Å². The van der Waals surface area contributed by atoms with Crippen LogP contribution in [0.5, 0.6) is 0 Å². The number of aromatic nitrogens is 1. The maximum atomic E-state index is 11.6. The molecule has 0 unspecified atom stereocenters. The highest BCUT2D eigenvalue weighted by Crippen LogP contribution is 2.06. The van der Waals surface area contributed by atoms with Crippen molar-refractivity contribution in [3.63, 3.8) is 0 Å². The quantitative estimate of drug-likeness (QED) is 0.0893. The van der Waals surface area contributed by atoms with Crippen molar-refractivity contribution >= 4 is 23.5 Å². The first-order chi connectivity index (χ1) is 16.3. The Morgan fingerprint density at radius 1 is 1.14 bits per heavy atom. The molecule has 196 valence electrons. The van der Waals surface area contributed by atoms with Gasteiger partial charge in [0.2, 0.25) is 0 Å².